The molecule has 0 radical (unpaired) electrons. The monoisotopic (exact) mass is 328 g/mol. The van der Waals surface area contributed by atoms with E-state index in [0.717, 1.165) is 12.8 Å². The lowest BCUT2D eigenvalue weighted by Crippen LogP contribution is -2.49. The Morgan fingerprint density at radius 2 is 1.90 bits per heavy atom. The molecule has 1 saturated heterocycles. The first-order valence-corrected chi connectivity index (χ1v) is 7.67. The van der Waals surface area contributed by atoms with Gasteiger partial charge in [-0.25, -0.2) is 0 Å². The van der Waals surface area contributed by atoms with Crippen molar-refractivity contribution in [2.24, 2.45) is 11.7 Å². The summed E-state index contributed by atoms with van der Waals surface area (Å²) in [5.41, 5.74) is 5.98. The lowest BCUT2D eigenvalue weighted by Gasteiger charge is -2.37. The highest BCUT2D eigenvalue weighted by molar-refractivity contribution is 6.36. The number of nitrogens with zero attached hydrogens (tertiary/aromatic N) is 1. The van der Waals surface area contributed by atoms with Crippen LogP contribution in [0.25, 0.3) is 0 Å². The van der Waals surface area contributed by atoms with Gasteiger partial charge in [0.25, 0.3) is 0 Å². The van der Waals surface area contributed by atoms with Gasteiger partial charge in [-0.1, -0.05) is 29.3 Å². The van der Waals surface area contributed by atoms with Crippen LogP contribution in [0.15, 0.2) is 18.2 Å². The summed E-state index contributed by atoms with van der Waals surface area (Å²) in [6, 6.07) is 5.25. The molecule has 2 amide bonds. The standard InChI is InChI=1S/C15H18Cl2N2O2/c1-9-5-6-10(15(18)21)8-19(9)14(20)7-11-12(16)3-2-4-13(11)17/h2-4,9-10H,5-8H2,1H3,(H2,18,21)/t9-,10-/m1/s1. The molecule has 6 heteroatoms. The van der Waals surface area contributed by atoms with Crippen LogP contribution in [-0.4, -0.2) is 29.3 Å². The van der Waals surface area contributed by atoms with Gasteiger partial charge in [0.15, 0.2) is 0 Å². The normalized spacial score (nSPS) is 22.1. The fourth-order valence-electron chi connectivity index (χ4n) is 2.64. The van der Waals surface area contributed by atoms with Gasteiger partial charge < -0.3 is 10.6 Å². The molecule has 1 aromatic rings. The van der Waals surface area contributed by atoms with E-state index in [1.54, 1.807) is 23.1 Å². The van der Waals surface area contributed by atoms with Crippen LogP contribution in [0.2, 0.25) is 10.0 Å². The van der Waals surface area contributed by atoms with Crippen molar-refractivity contribution in [1.82, 2.24) is 4.90 Å². The summed E-state index contributed by atoms with van der Waals surface area (Å²) in [6.45, 7) is 2.35. The summed E-state index contributed by atoms with van der Waals surface area (Å²) >= 11 is 12.2. The molecule has 2 N–H and O–H groups in total. The molecular formula is C15H18Cl2N2O2. The van der Waals surface area contributed by atoms with Gasteiger partial charge in [-0.3, -0.25) is 9.59 Å². The molecule has 1 aliphatic rings. The van der Waals surface area contributed by atoms with Crippen molar-refractivity contribution in [3.05, 3.63) is 33.8 Å². The molecule has 0 spiro atoms. The molecule has 21 heavy (non-hydrogen) atoms. The number of primary amides is 1. The van der Waals surface area contributed by atoms with Crippen molar-refractivity contribution in [1.29, 1.82) is 0 Å². The second-order valence-electron chi connectivity index (χ2n) is 5.45. The van der Waals surface area contributed by atoms with Crippen LogP contribution in [0.3, 0.4) is 0 Å². The first kappa shape index (κ1) is 16.1. The van der Waals surface area contributed by atoms with Gasteiger partial charge in [-0.05, 0) is 37.5 Å². The van der Waals surface area contributed by atoms with Gasteiger partial charge >= 0.3 is 0 Å². The number of rotatable bonds is 3. The molecule has 1 heterocycles. The van der Waals surface area contributed by atoms with Crippen molar-refractivity contribution >= 4 is 35.0 Å². The summed E-state index contributed by atoms with van der Waals surface area (Å²) in [5, 5.41) is 0.957. The Bertz CT molecular complexity index is 542. The van der Waals surface area contributed by atoms with Gasteiger partial charge in [0.2, 0.25) is 11.8 Å². The Labute approximate surface area is 134 Å². The van der Waals surface area contributed by atoms with Gasteiger partial charge in [0, 0.05) is 22.6 Å². The van der Waals surface area contributed by atoms with E-state index in [0.29, 0.717) is 22.2 Å². The molecule has 1 aromatic carbocycles. The summed E-state index contributed by atoms with van der Waals surface area (Å²) in [5.74, 6) is -0.703. The SMILES string of the molecule is C[C@@H]1CC[C@@H](C(N)=O)CN1C(=O)Cc1c(Cl)cccc1Cl. The number of piperidine rings is 1. The maximum atomic E-state index is 12.5. The highest BCUT2D eigenvalue weighted by Crippen LogP contribution is 2.27. The minimum absolute atomic E-state index is 0.0801. The van der Waals surface area contributed by atoms with E-state index >= 15 is 0 Å². The number of likely N-dealkylation sites (tertiary alicyclic amines) is 1. The molecule has 0 bridgehead atoms. The summed E-state index contributed by atoms with van der Waals surface area (Å²) in [6.07, 6.45) is 1.64. The van der Waals surface area contributed by atoms with E-state index in [-0.39, 0.29) is 30.2 Å². The lowest BCUT2D eigenvalue weighted by molar-refractivity contribution is -0.136. The largest absolute Gasteiger partial charge is 0.369 e. The van der Waals surface area contributed by atoms with E-state index in [4.69, 9.17) is 28.9 Å². The van der Waals surface area contributed by atoms with Crippen molar-refractivity contribution in [2.75, 3.05) is 6.54 Å². The second-order valence-corrected chi connectivity index (χ2v) is 6.26. The number of hydrogen-bond acceptors (Lipinski definition) is 2. The Kier molecular flexibility index (Phi) is 5.12. The first-order chi connectivity index (χ1) is 9.90. The van der Waals surface area contributed by atoms with Crippen molar-refractivity contribution in [3.8, 4) is 0 Å². The van der Waals surface area contributed by atoms with E-state index < -0.39 is 0 Å². The molecule has 2 rings (SSSR count). The zero-order valence-electron chi connectivity index (χ0n) is 11.8. The average molecular weight is 329 g/mol. The number of carbonyl (C=O) groups is 2. The number of amides is 2. The highest BCUT2D eigenvalue weighted by atomic mass is 35.5. The quantitative estimate of drug-likeness (QED) is 0.927. The summed E-state index contributed by atoms with van der Waals surface area (Å²) in [4.78, 5) is 25.6. The zero-order chi connectivity index (χ0) is 15.6. The van der Waals surface area contributed by atoms with Gasteiger partial charge in [0.05, 0.1) is 12.3 Å². The lowest BCUT2D eigenvalue weighted by atomic mass is 9.92. The molecule has 1 aliphatic heterocycles. The second kappa shape index (κ2) is 6.67. The summed E-state index contributed by atoms with van der Waals surface area (Å²) in [7, 11) is 0. The Hall–Kier alpha value is -1.26. The smallest absolute Gasteiger partial charge is 0.227 e. The Morgan fingerprint density at radius 1 is 1.29 bits per heavy atom. The molecule has 114 valence electrons. The molecule has 0 saturated carbocycles. The third-order valence-electron chi connectivity index (χ3n) is 3.99. The predicted molar refractivity (Wildman–Crippen MR) is 83.3 cm³/mol. The fourth-order valence-corrected chi connectivity index (χ4v) is 3.17. The number of hydrogen-bond donors (Lipinski definition) is 1. The van der Waals surface area contributed by atoms with Gasteiger partial charge in [-0.15, -0.1) is 0 Å². The van der Waals surface area contributed by atoms with Crippen LogP contribution < -0.4 is 5.73 Å². The van der Waals surface area contributed by atoms with E-state index in [1.807, 2.05) is 6.92 Å². The van der Waals surface area contributed by atoms with Gasteiger partial charge in [0.1, 0.15) is 0 Å². The fraction of sp³-hybridized carbons (Fsp3) is 0.467. The van der Waals surface area contributed by atoms with E-state index in [9.17, 15) is 9.59 Å². The maximum Gasteiger partial charge on any atom is 0.227 e. The van der Waals surface area contributed by atoms with Crippen LogP contribution >= 0.6 is 23.2 Å². The summed E-state index contributed by atoms with van der Waals surface area (Å²) < 4.78 is 0. The maximum absolute atomic E-state index is 12.5. The minimum atomic E-state index is -0.351. The van der Waals surface area contributed by atoms with E-state index in [2.05, 4.69) is 0 Å². The molecule has 1 fully saturated rings. The van der Waals surface area contributed by atoms with E-state index in [1.165, 1.54) is 0 Å². The van der Waals surface area contributed by atoms with Crippen molar-refractivity contribution in [2.45, 2.75) is 32.2 Å². The highest BCUT2D eigenvalue weighted by Gasteiger charge is 2.31. The number of carbonyl (C=O) groups excluding carboxylic acids is 2. The van der Waals surface area contributed by atoms with Gasteiger partial charge in [-0.2, -0.15) is 0 Å². The number of benzene rings is 1. The molecule has 0 aliphatic carbocycles. The van der Waals surface area contributed by atoms with Crippen LogP contribution in [0.1, 0.15) is 25.3 Å². The van der Waals surface area contributed by atoms with Crippen LogP contribution in [0.5, 0.6) is 0 Å². The zero-order valence-corrected chi connectivity index (χ0v) is 13.3. The molecular weight excluding hydrogens is 311 g/mol. The van der Waals surface area contributed by atoms with Crippen molar-refractivity contribution < 1.29 is 9.59 Å². The minimum Gasteiger partial charge on any atom is -0.369 e. The average Bonchev–Trinajstić information content (AvgIpc) is 2.43. The predicted octanol–water partition coefficient (Wildman–Crippen LogP) is 2.65. The Balaban J connectivity index is 2.13. The molecule has 4 nitrogen and oxygen atoms in total. The third kappa shape index (κ3) is 3.69. The van der Waals surface area contributed by atoms with Crippen LogP contribution in [0, 0.1) is 5.92 Å². The number of halogens is 2. The van der Waals surface area contributed by atoms with Crippen molar-refractivity contribution in [3.63, 3.8) is 0 Å². The third-order valence-corrected chi connectivity index (χ3v) is 4.70. The molecule has 0 unspecified atom stereocenters. The molecule has 0 aromatic heterocycles. The Morgan fingerprint density at radius 3 is 2.48 bits per heavy atom. The van der Waals surface area contributed by atoms with Crippen LogP contribution in [0.4, 0.5) is 0 Å². The first-order valence-electron chi connectivity index (χ1n) is 6.91. The molecule has 2 atom stereocenters. The van der Waals surface area contributed by atoms with Crippen LogP contribution in [-0.2, 0) is 16.0 Å². The topological polar surface area (TPSA) is 63.4 Å². The number of nitrogens with two attached hydrogens (primary N) is 1.